The van der Waals surface area contributed by atoms with Gasteiger partial charge >= 0.3 is 0 Å². The molecule has 0 amide bonds. The fourth-order valence-electron chi connectivity index (χ4n) is 1.43. The zero-order valence-corrected chi connectivity index (χ0v) is 9.63. The van der Waals surface area contributed by atoms with Crippen LogP contribution in [0.3, 0.4) is 0 Å². The summed E-state index contributed by atoms with van der Waals surface area (Å²) >= 11 is 0. The average Bonchev–Trinajstić information content (AvgIpc) is 2.28. The van der Waals surface area contributed by atoms with E-state index in [9.17, 15) is 8.42 Å². The van der Waals surface area contributed by atoms with Gasteiger partial charge in [0.2, 0.25) is 0 Å². The zero-order chi connectivity index (χ0) is 12.3. The lowest BCUT2D eigenvalue weighted by atomic mass is 10.2. The van der Waals surface area contributed by atoms with Crippen molar-refractivity contribution in [2.75, 3.05) is 0 Å². The summed E-state index contributed by atoms with van der Waals surface area (Å²) in [5, 5.41) is 0. The molecule has 0 saturated heterocycles. The third-order valence-electron chi connectivity index (χ3n) is 2.10. The normalized spacial score (nSPS) is 11.4. The molecule has 2 aromatic heterocycles. The second kappa shape index (κ2) is 4.60. The highest BCUT2D eigenvalue weighted by Crippen LogP contribution is 2.15. The Morgan fingerprint density at radius 1 is 1.06 bits per heavy atom. The van der Waals surface area contributed by atoms with Crippen LogP contribution in [0.1, 0.15) is 5.56 Å². The first-order valence-electron chi connectivity index (χ1n) is 4.86. The van der Waals surface area contributed by atoms with Crippen LogP contribution >= 0.6 is 0 Å². The molecule has 88 valence electrons. The van der Waals surface area contributed by atoms with Gasteiger partial charge in [0.05, 0.1) is 11.4 Å². The Balaban J connectivity index is 2.36. The van der Waals surface area contributed by atoms with Crippen molar-refractivity contribution in [2.24, 2.45) is 0 Å². The van der Waals surface area contributed by atoms with Gasteiger partial charge in [-0.15, -0.1) is 0 Å². The van der Waals surface area contributed by atoms with Gasteiger partial charge in [-0.25, -0.2) is 0 Å². The van der Waals surface area contributed by atoms with Crippen LogP contribution < -0.4 is 0 Å². The highest BCUT2D eigenvalue weighted by Gasteiger charge is 2.08. The quantitative estimate of drug-likeness (QED) is 0.835. The molecular weight excluding hydrogens is 240 g/mol. The average molecular weight is 250 g/mol. The summed E-state index contributed by atoms with van der Waals surface area (Å²) in [5.74, 6) is -0.421. The van der Waals surface area contributed by atoms with Crippen molar-refractivity contribution in [2.45, 2.75) is 5.75 Å². The molecule has 17 heavy (non-hydrogen) atoms. The molecule has 0 aromatic carbocycles. The van der Waals surface area contributed by atoms with Gasteiger partial charge in [0.1, 0.15) is 5.75 Å². The maximum absolute atomic E-state index is 10.8. The summed E-state index contributed by atoms with van der Waals surface area (Å²) in [6.45, 7) is 0. The largest absolute Gasteiger partial charge is 0.285 e. The van der Waals surface area contributed by atoms with Gasteiger partial charge in [-0.3, -0.25) is 14.5 Å². The predicted molar refractivity (Wildman–Crippen MR) is 62.7 cm³/mol. The molecule has 0 fully saturated rings. The number of hydrogen-bond donors (Lipinski definition) is 1. The monoisotopic (exact) mass is 250 g/mol. The van der Waals surface area contributed by atoms with Crippen molar-refractivity contribution in [3.63, 3.8) is 0 Å². The topological polar surface area (TPSA) is 80.2 Å². The van der Waals surface area contributed by atoms with Crippen molar-refractivity contribution >= 4 is 10.1 Å². The Kier molecular flexibility index (Phi) is 3.16. The standard InChI is InChI=1S/C11H10N2O3S/c14-17(15,16)8-9-4-6-13-11(7-9)10-3-1-2-5-12-10/h1-7H,8H2,(H,14,15,16). The Morgan fingerprint density at radius 3 is 2.47 bits per heavy atom. The molecule has 5 nitrogen and oxygen atoms in total. The summed E-state index contributed by atoms with van der Waals surface area (Å²) in [5.41, 5.74) is 1.71. The molecule has 1 N–H and O–H groups in total. The van der Waals surface area contributed by atoms with Gasteiger partial charge in [0.25, 0.3) is 10.1 Å². The summed E-state index contributed by atoms with van der Waals surface area (Å²) in [6, 6.07) is 8.51. The van der Waals surface area contributed by atoms with Crippen LogP contribution in [0.15, 0.2) is 42.7 Å². The smallest absolute Gasteiger partial charge is 0.269 e. The molecule has 0 aliphatic rings. The van der Waals surface area contributed by atoms with E-state index in [2.05, 4.69) is 9.97 Å². The molecule has 0 saturated carbocycles. The van der Waals surface area contributed by atoms with Gasteiger partial charge in [0, 0.05) is 12.4 Å². The van der Waals surface area contributed by atoms with Crippen LogP contribution in [0.4, 0.5) is 0 Å². The minimum absolute atomic E-state index is 0.421. The van der Waals surface area contributed by atoms with Crippen molar-refractivity contribution in [1.29, 1.82) is 0 Å². The summed E-state index contributed by atoms with van der Waals surface area (Å²) in [7, 11) is -4.02. The van der Waals surface area contributed by atoms with Gasteiger partial charge in [-0.2, -0.15) is 8.42 Å². The molecule has 0 atom stereocenters. The van der Waals surface area contributed by atoms with Gasteiger partial charge < -0.3 is 0 Å². The number of nitrogens with zero attached hydrogens (tertiary/aromatic N) is 2. The number of pyridine rings is 2. The lowest BCUT2D eigenvalue weighted by Gasteiger charge is -2.02. The maximum Gasteiger partial charge on any atom is 0.269 e. The van der Waals surface area contributed by atoms with E-state index in [0.29, 0.717) is 17.0 Å². The molecular formula is C11H10N2O3S. The molecule has 2 heterocycles. The van der Waals surface area contributed by atoms with Crippen LogP contribution in [-0.4, -0.2) is 22.9 Å². The third-order valence-corrected chi connectivity index (χ3v) is 2.80. The van der Waals surface area contributed by atoms with E-state index in [1.807, 2.05) is 6.07 Å². The zero-order valence-electron chi connectivity index (χ0n) is 8.81. The van der Waals surface area contributed by atoms with E-state index in [0.717, 1.165) is 0 Å². The van der Waals surface area contributed by atoms with Crippen LogP contribution in [-0.2, 0) is 15.9 Å². The number of aromatic nitrogens is 2. The first-order chi connectivity index (χ1) is 8.04. The first kappa shape index (κ1) is 11.7. The number of hydrogen-bond acceptors (Lipinski definition) is 4. The van der Waals surface area contributed by atoms with Crippen LogP contribution in [0, 0.1) is 0 Å². The van der Waals surface area contributed by atoms with Crippen molar-refractivity contribution in [3.05, 3.63) is 48.3 Å². The van der Waals surface area contributed by atoms with E-state index in [4.69, 9.17) is 4.55 Å². The molecule has 0 radical (unpaired) electrons. The molecule has 0 unspecified atom stereocenters. The van der Waals surface area contributed by atoms with E-state index < -0.39 is 15.9 Å². The Bertz CT molecular complexity index is 612. The van der Waals surface area contributed by atoms with E-state index >= 15 is 0 Å². The van der Waals surface area contributed by atoms with Crippen LogP contribution in [0.2, 0.25) is 0 Å². The SMILES string of the molecule is O=S(=O)(O)Cc1ccnc(-c2ccccn2)c1. The van der Waals surface area contributed by atoms with E-state index in [-0.39, 0.29) is 0 Å². The summed E-state index contributed by atoms with van der Waals surface area (Å²) < 4.78 is 30.3. The fourth-order valence-corrected chi connectivity index (χ4v) is 2.03. The van der Waals surface area contributed by atoms with Crippen LogP contribution in [0.5, 0.6) is 0 Å². The molecule has 0 bridgehead atoms. The first-order valence-corrected chi connectivity index (χ1v) is 6.47. The highest BCUT2D eigenvalue weighted by molar-refractivity contribution is 7.85. The Labute approximate surface area is 98.9 Å². The van der Waals surface area contributed by atoms with E-state index in [1.165, 1.54) is 6.20 Å². The fraction of sp³-hybridized carbons (Fsp3) is 0.0909. The van der Waals surface area contributed by atoms with E-state index in [1.54, 1.807) is 30.5 Å². The number of rotatable bonds is 3. The van der Waals surface area contributed by atoms with Crippen molar-refractivity contribution in [3.8, 4) is 11.4 Å². The lowest BCUT2D eigenvalue weighted by Crippen LogP contribution is -2.02. The molecule has 0 spiro atoms. The van der Waals surface area contributed by atoms with Gasteiger partial charge in [-0.1, -0.05) is 6.07 Å². The predicted octanol–water partition coefficient (Wildman–Crippen LogP) is 1.53. The molecule has 0 aliphatic heterocycles. The van der Waals surface area contributed by atoms with Gasteiger partial charge in [-0.05, 0) is 29.8 Å². The third kappa shape index (κ3) is 3.33. The van der Waals surface area contributed by atoms with Crippen molar-refractivity contribution < 1.29 is 13.0 Å². The molecule has 2 rings (SSSR count). The van der Waals surface area contributed by atoms with Gasteiger partial charge in [0.15, 0.2) is 0 Å². The van der Waals surface area contributed by atoms with Crippen molar-refractivity contribution in [1.82, 2.24) is 9.97 Å². The Morgan fingerprint density at radius 2 is 1.82 bits per heavy atom. The summed E-state index contributed by atoms with van der Waals surface area (Å²) in [4.78, 5) is 8.21. The minimum atomic E-state index is -4.02. The highest BCUT2D eigenvalue weighted by atomic mass is 32.2. The minimum Gasteiger partial charge on any atom is -0.285 e. The molecule has 6 heteroatoms. The van der Waals surface area contributed by atoms with Crippen LogP contribution in [0.25, 0.3) is 11.4 Å². The maximum atomic E-state index is 10.8. The molecule has 2 aromatic rings. The second-order valence-electron chi connectivity index (χ2n) is 3.49. The second-order valence-corrected chi connectivity index (χ2v) is 4.94. The Hall–Kier alpha value is -1.79. The lowest BCUT2D eigenvalue weighted by molar-refractivity contribution is 0.482. The summed E-state index contributed by atoms with van der Waals surface area (Å²) in [6.07, 6.45) is 3.12. The molecule has 0 aliphatic carbocycles.